The minimum atomic E-state index is -3.94. The Morgan fingerprint density at radius 3 is 2.40 bits per heavy atom. The Balaban J connectivity index is 1.82. The number of hydrogen-bond donors (Lipinski definition) is 1. The molecule has 1 N–H and O–H groups in total. The van der Waals surface area contributed by atoms with Crippen molar-refractivity contribution in [3.05, 3.63) is 95.0 Å². The first-order valence-electron chi connectivity index (χ1n) is 9.08. The fourth-order valence-corrected chi connectivity index (χ4v) is 4.32. The van der Waals surface area contributed by atoms with Crippen LogP contribution < -0.4 is 9.73 Å². The number of hydrogen-bond acceptors (Lipinski definition) is 4. The maximum Gasteiger partial charge on any atom is 0.264 e. The molecule has 154 valence electrons. The van der Waals surface area contributed by atoms with Crippen LogP contribution in [0.15, 0.2) is 88.9 Å². The lowest BCUT2D eigenvalue weighted by atomic mass is 10.2. The van der Waals surface area contributed by atoms with Gasteiger partial charge in [0, 0.05) is 5.02 Å². The molecule has 0 heterocycles. The first-order valence-corrected chi connectivity index (χ1v) is 10.9. The first-order chi connectivity index (χ1) is 14.4. The monoisotopic (exact) mass is 441 g/mol. The van der Waals surface area contributed by atoms with Crippen LogP contribution in [0.2, 0.25) is 5.02 Å². The van der Waals surface area contributed by atoms with Gasteiger partial charge >= 0.3 is 0 Å². The van der Waals surface area contributed by atoms with Gasteiger partial charge in [-0.15, -0.1) is 0 Å². The average molecular weight is 442 g/mol. The summed E-state index contributed by atoms with van der Waals surface area (Å²) in [6, 6.07) is 21.8. The van der Waals surface area contributed by atoms with Crippen molar-refractivity contribution < 1.29 is 13.2 Å². The molecule has 30 heavy (non-hydrogen) atoms. The number of rotatable bonds is 7. The predicted molar refractivity (Wildman–Crippen MR) is 119 cm³/mol. The number of sulfonamides is 1. The van der Waals surface area contributed by atoms with Crippen molar-refractivity contribution in [2.24, 2.45) is 5.10 Å². The van der Waals surface area contributed by atoms with Crippen molar-refractivity contribution in [3.8, 4) is 0 Å². The fourth-order valence-electron chi connectivity index (χ4n) is 2.68. The van der Waals surface area contributed by atoms with Gasteiger partial charge in [-0.1, -0.05) is 59.6 Å². The van der Waals surface area contributed by atoms with Crippen LogP contribution in [0.5, 0.6) is 0 Å². The zero-order chi connectivity index (χ0) is 21.6. The standard InChI is InChI=1S/C22H20ClN3O3S/c1-17-10-12-20(13-11-17)26(30(28,29)21-8-3-2-4-9-21)16-22(27)25-24-15-18-6-5-7-19(23)14-18/h2-15H,16H2,1H3,(H,25,27)/b24-15+. The van der Waals surface area contributed by atoms with E-state index in [9.17, 15) is 13.2 Å². The number of anilines is 1. The van der Waals surface area contributed by atoms with Crippen molar-refractivity contribution in [1.82, 2.24) is 5.43 Å². The van der Waals surface area contributed by atoms with E-state index in [2.05, 4.69) is 10.5 Å². The average Bonchev–Trinajstić information content (AvgIpc) is 2.73. The number of amides is 1. The summed E-state index contributed by atoms with van der Waals surface area (Å²) in [5.74, 6) is -0.576. The molecule has 3 aromatic carbocycles. The zero-order valence-corrected chi connectivity index (χ0v) is 17.8. The SMILES string of the molecule is Cc1ccc(N(CC(=O)N/N=C/c2cccc(Cl)c2)S(=O)(=O)c2ccccc2)cc1. The van der Waals surface area contributed by atoms with Crippen LogP contribution in [0.1, 0.15) is 11.1 Å². The normalized spacial score (nSPS) is 11.4. The minimum absolute atomic E-state index is 0.0980. The second-order valence-corrected chi connectivity index (χ2v) is 8.81. The largest absolute Gasteiger partial charge is 0.271 e. The quantitative estimate of drug-likeness (QED) is 0.444. The zero-order valence-electron chi connectivity index (χ0n) is 16.2. The second-order valence-electron chi connectivity index (χ2n) is 6.51. The molecule has 0 saturated carbocycles. The first kappa shape index (κ1) is 21.5. The van der Waals surface area contributed by atoms with Gasteiger partial charge in [0.15, 0.2) is 0 Å². The Labute approximate surface area is 180 Å². The number of carbonyl (C=O) groups is 1. The van der Waals surface area contributed by atoms with Crippen LogP contribution in [0.25, 0.3) is 0 Å². The molecule has 0 bridgehead atoms. The molecule has 0 aromatic heterocycles. The van der Waals surface area contributed by atoms with Gasteiger partial charge in [0.05, 0.1) is 16.8 Å². The molecule has 0 unspecified atom stereocenters. The number of nitrogens with zero attached hydrogens (tertiary/aromatic N) is 2. The number of carbonyl (C=O) groups excluding carboxylic acids is 1. The number of benzene rings is 3. The van der Waals surface area contributed by atoms with Gasteiger partial charge in [-0.25, -0.2) is 13.8 Å². The Hall–Kier alpha value is -3.16. The molecule has 0 atom stereocenters. The third kappa shape index (κ3) is 5.46. The van der Waals surface area contributed by atoms with E-state index >= 15 is 0 Å². The third-order valence-electron chi connectivity index (χ3n) is 4.19. The predicted octanol–water partition coefficient (Wildman–Crippen LogP) is 3.99. The molecule has 0 fully saturated rings. The van der Waals surface area contributed by atoms with Gasteiger partial charge in [-0.2, -0.15) is 5.10 Å². The van der Waals surface area contributed by atoms with Crippen LogP contribution in [0.3, 0.4) is 0 Å². The fraction of sp³-hybridized carbons (Fsp3) is 0.0909. The number of hydrazone groups is 1. The van der Waals surface area contributed by atoms with Crippen molar-refractivity contribution in [2.75, 3.05) is 10.8 Å². The maximum absolute atomic E-state index is 13.2. The molecule has 0 aliphatic carbocycles. The van der Waals surface area contributed by atoms with E-state index in [1.807, 2.05) is 6.92 Å². The Morgan fingerprint density at radius 2 is 1.73 bits per heavy atom. The van der Waals surface area contributed by atoms with E-state index in [1.54, 1.807) is 66.7 Å². The summed E-state index contributed by atoms with van der Waals surface area (Å²) in [4.78, 5) is 12.6. The number of nitrogens with one attached hydrogen (secondary N) is 1. The van der Waals surface area contributed by atoms with Crippen molar-refractivity contribution in [2.45, 2.75) is 11.8 Å². The maximum atomic E-state index is 13.2. The van der Waals surface area contributed by atoms with Crippen LogP contribution in [-0.4, -0.2) is 27.1 Å². The summed E-state index contributed by atoms with van der Waals surface area (Å²) in [6.07, 6.45) is 1.44. The summed E-state index contributed by atoms with van der Waals surface area (Å²) in [5, 5.41) is 4.44. The Bertz CT molecular complexity index is 1150. The van der Waals surface area contributed by atoms with Gasteiger partial charge in [0.1, 0.15) is 6.54 Å². The molecule has 3 rings (SSSR count). The van der Waals surface area contributed by atoms with E-state index in [0.29, 0.717) is 16.3 Å². The number of halogens is 1. The topological polar surface area (TPSA) is 78.8 Å². The molecule has 8 heteroatoms. The Morgan fingerprint density at radius 1 is 1.03 bits per heavy atom. The van der Waals surface area contributed by atoms with Crippen LogP contribution in [-0.2, 0) is 14.8 Å². The van der Waals surface area contributed by atoms with E-state index in [-0.39, 0.29) is 4.90 Å². The molecule has 1 amide bonds. The summed E-state index contributed by atoms with van der Waals surface area (Å²) < 4.78 is 27.4. The highest BCUT2D eigenvalue weighted by Crippen LogP contribution is 2.23. The summed E-state index contributed by atoms with van der Waals surface area (Å²) in [7, 11) is -3.94. The van der Waals surface area contributed by atoms with E-state index in [1.165, 1.54) is 18.3 Å². The molecule has 0 aliphatic rings. The van der Waals surface area contributed by atoms with Gasteiger partial charge in [-0.05, 0) is 48.9 Å². The smallest absolute Gasteiger partial charge is 0.264 e. The highest BCUT2D eigenvalue weighted by Gasteiger charge is 2.26. The van der Waals surface area contributed by atoms with Crippen LogP contribution >= 0.6 is 11.6 Å². The second kappa shape index (κ2) is 9.56. The van der Waals surface area contributed by atoms with Gasteiger partial charge in [0.2, 0.25) is 0 Å². The van der Waals surface area contributed by atoms with Crippen molar-refractivity contribution in [3.63, 3.8) is 0 Å². The molecular formula is C22H20ClN3O3S. The van der Waals surface area contributed by atoms with Gasteiger partial charge in [-0.3, -0.25) is 9.10 Å². The minimum Gasteiger partial charge on any atom is -0.271 e. The lowest BCUT2D eigenvalue weighted by molar-refractivity contribution is -0.119. The van der Waals surface area contributed by atoms with Gasteiger partial charge in [0.25, 0.3) is 15.9 Å². The lowest BCUT2D eigenvalue weighted by Gasteiger charge is -2.23. The lowest BCUT2D eigenvalue weighted by Crippen LogP contribution is -2.39. The molecule has 0 saturated heterocycles. The molecule has 6 nitrogen and oxygen atoms in total. The summed E-state index contributed by atoms with van der Waals surface area (Å²) in [6.45, 7) is 1.48. The third-order valence-corrected chi connectivity index (χ3v) is 6.22. The molecule has 0 spiro atoms. The van der Waals surface area contributed by atoms with Crippen molar-refractivity contribution >= 4 is 39.4 Å². The highest BCUT2D eigenvalue weighted by molar-refractivity contribution is 7.92. The molecule has 0 radical (unpaired) electrons. The van der Waals surface area contributed by atoms with Crippen molar-refractivity contribution in [1.29, 1.82) is 0 Å². The van der Waals surface area contributed by atoms with E-state index < -0.39 is 22.5 Å². The van der Waals surface area contributed by atoms with Crippen LogP contribution in [0, 0.1) is 6.92 Å². The highest BCUT2D eigenvalue weighted by atomic mass is 35.5. The number of aryl methyl sites for hydroxylation is 1. The Kier molecular flexibility index (Phi) is 6.87. The van der Waals surface area contributed by atoms with Crippen LogP contribution in [0.4, 0.5) is 5.69 Å². The summed E-state index contributed by atoms with van der Waals surface area (Å²) in [5.41, 5.74) is 4.44. The van der Waals surface area contributed by atoms with E-state index in [0.717, 1.165) is 9.87 Å². The summed E-state index contributed by atoms with van der Waals surface area (Å²) >= 11 is 5.92. The van der Waals surface area contributed by atoms with E-state index in [4.69, 9.17) is 11.6 Å². The molecular weight excluding hydrogens is 422 g/mol. The molecule has 0 aliphatic heterocycles. The molecule has 3 aromatic rings. The van der Waals surface area contributed by atoms with Gasteiger partial charge < -0.3 is 0 Å².